The Morgan fingerprint density at radius 1 is 1.33 bits per heavy atom. The van der Waals surface area contributed by atoms with E-state index >= 15 is 0 Å². The van der Waals surface area contributed by atoms with Crippen molar-refractivity contribution in [1.29, 1.82) is 0 Å². The van der Waals surface area contributed by atoms with Crippen LogP contribution in [0.5, 0.6) is 0 Å². The monoisotopic (exact) mass is 225 g/mol. The molecule has 1 unspecified atom stereocenters. The lowest BCUT2D eigenvalue weighted by Gasteiger charge is -2.19. The normalized spacial score (nSPS) is 20.3. The summed E-state index contributed by atoms with van der Waals surface area (Å²) in [5.74, 6) is -0.301. The first kappa shape index (κ1) is 10.5. The molecule has 1 aromatic rings. The zero-order valence-electron chi connectivity index (χ0n) is 8.34. The van der Waals surface area contributed by atoms with Crippen molar-refractivity contribution < 1.29 is 4.39 Å². The first-order chi connectivity index (χ1) is 7.24. The summed E-state index contributed by atoms with van der Waals surface area (Å²) in [6, 6.07) is 4.82. The van der Waals surface area contributed by atoms with Crippen LogP contribution in [-0.4, -0.2) is 6.04 Å². The fourth-order valence-corrected chi connectivity index (χ4v) is 2.01. The van der Waals surface area contributed by atoms with Gasteiger partial charge in [-0.3, -0.25) is 0 Å². The van der Waals surface area contributed by atoms with E-state index in [1.54, 1.807) is 6.07 Å². The Morgan fingerprint density at radius 3 is 2.87 bits per heavy atom. The summed E-state index contributed by atoms with van der Waals surface area (Å²) in [7, 11) is 0. The zero-order chi connectivity index (χ0) is 10.7. The molecule has 0 saturated carbocycles. The van der Waals surface area contributed by atoms with Crippen LogP contribution < -0.4 is 5.32 Å². The Morgan fingerprint density at radius 2 is 2.20 bits per heavy atom. The highest BCUT2D eigenvalue weighted by atomic mass is 35.5. The minimum atomic E-state index is -0.301. The minimum absolute atomic E-state index is 0.301. The second-order valence-corrected chi connectivity index (χ2v) is 4.20. The van der Waals surface area contributed by atoms with Crippen LogP contribution in [0.2, 0.25) is 5.02 Å². The molecular formula is C12H13ClFN. The summed E-state index contributed by atoms with van der Waals surface area (Å²) < 4.78 is 13.0. The van der Waals surface area contributed by atoms with Crippen LogP contribution in [0, 0.1) is 5.82 Å². The van der Waals surface area contributed by atoms with E-state index in [1.807, 2.05) is 0 Å². The smallest absolute Gasteiger partial charge is 0.126 e. The van der Waals surface area contributed by atoms with Gasteiger partial charge in [0.1, 0.15) is 5.82 Å². The maximum absolute atomic E-state index is 13.0. The summed E-state index contributed by atoms with van der Waals surface area (Å²) in [5.41, 5.74) is 0.747. The summed E-state index contributed by atoms with van der Waals surface area (Å²) in [5, 5.41) is 3.68. The van der Waals surface area contributed by atoms with Gasteiger partial charge in [-0.25, -0.2) is 4.39 Å². The zero-order valence-corrected chi connectivity index (χ0v) is 9.10. The SMILES string of the molecule is Fc1cc(Cl)cc(NC2C=CCCC2)c1. The molecule has 1 nitrogen and oxygen atoms in total. The fraction of sp³-hybridized carbons (Fsp3) is 0.333. The average Bonchev–Trinajstić information content (AvgIpc) is 2.17. The summed E-state index contributed by atoms with van der Waals surface area (Å²) in [6.45, 7) is 0. The molecule has 0 amide bonds. The van der Waals surface area contributed by atoms with Gasteiger partial charge < -0.3 is 5.32 Å². The van der Waals surface area contributed by atoms with Gasteiger partial charge in [0, 0.05) is 16.8 Å². The first-order valence-corrected chi connectivity index (χ1v) is 5.51. The van der Waals surface area contributed by atoms with Crippen molar-refractivity contribution in [2.24, 2.45) is 0 Å². The van der Waals surface area contributed by atoms with E-state index in [4.69, 9.17) is 11.6 Å². The molecule has 15 heavy (non-hydrogen) atoms. The highest BCUT2D eigenvalue weighted by Gasteiger charge is 2.08. The first-order valence-electron chi connectivity index (χ1n) is 5.13. The molecule has 0 heterocycles. The lowest BCUT2D eigenvalue weighted by atomic mass is 10.0. The molecule has 1 atom stereocenters. The van der Waals surface area contributed by atoms with E-state index in [-0.39, 0.29) is 5.82 Å². The van der Waals surface area contributed by atoms with Gasteiger partial charge in [0.05, 0.1) is 0 Å². The van der Waals surface area contributed by atoms with E-state index < -0.39 is 0 Å². The highest BCUT2D eigenvalue weighted by Crippen LogP contribution is 2.21. The van der Waals surface area contributed by atoms with Crippen LogP contribution in [0.15, 0.2) is 30.4 Å². The Labute approximate surface area is 93.9 Å². The highest BCUT2D eigenvalue weighted by molar-refractivity contribution is 6.30. The third-order valence-electron chi connectivity index (χ3n) is 2.47. The van der Waals surface area contributed by atoms with Gasteiger partial charge in [0.2, 0.25) is 0 Å². The van der Waals surface area contributed by atoms with Crippen molar-refractivity contribution in [1.82, 2.24) is 0 Å². The van der Waals surface area contributed by atoms with E-state index in [1.165, 1.54) is 18.6 Å². The number of allylic oxidation sites excluding steroid dienone is 1. The molecule has 0 spiro atoms. The van der Waals surface area contributed by atoms with Gasteiger partial charge in [0.15, 0.2) is 0 Å². The van der Waals surface area contributed by atoms with Crippen LogP contribution in [0.3, 0.4) is 0 Å². The predicted molar refractivity (Wildman–Crippen MR) is 61.8 cm³/mol. The number of halogens is 2. The van der Waals surface area contributed by atoms with Gasteiger partial charge in [-0.1, -0.05) is 23.8 Å². The molecule has 0 aliphatic heterocycles. The van der Waals surface area contributed by atoms with Gasteiger partial charge >= 0.3 is 0 Å². The molecule has 0 saturated heterocycles. The minimum Gasteiger partial charge on any atom is -0.379 e. The number of nitrogens with one attached hydrogen (secondary N) is 1. The third-order valence-corrected chi connectivity index (χ3v) is 2.69. The fourth-order valence-electron chi connectivity index (χ4n) is 1.78. The van der Waals surface area contributed by atoms with Gasteiger partial charge in [-0.05, 0) is 37.5 Å². The Bertz CT molecular complexity index is 356. The number of anilines is 1. The lowest BCUT2D eigenvalue weighted by molar-refractivity contribution is 0.627. The summed E-state index contributed by atoms with van der Waals surface area (Å²) in [6.07, 6.45) is 7.69. The van der Waals surface area contributed by atoms with Gasteiger partial charge in [0.25, 0.3) is 0 Å². The maximum Gasteiger partial charge on any atom is 0.126 e. The second kappa shape index (κ2) is 4.67. The number of hydrogen-bond donors (Lipinski definition) is 1. The lowest BCUT2D eigenvalue weighted by Crippen LogP contribution is -2.18. The molecule has 1 N–H and O–H groups in total. The molecule has 1 aliphatic rings. The molecule has 2 rings (SSSR count). The van der Waals surface area contributed by atoms with Crippen LogP contribution >= 0.6 is 11.6 Å². The molecular weight excluding hydrogens is 213 g/mol. The van der Waals surface area contributed by atoms with Crippen LogP contribution in [0.25, 0.3) is 0 Å². The molecule has 80 valence electrons. The topological polar surface area (TPSA) is 12.0 Å². The molecule has 3 heteroatoms. The molecule has 1 aliphatic carbocycles. The van der Waals surface area contributed by atoms with Crippen LogP contribution in [0.1, 0.15) is 19.3 Å². The maximum atomic E-state index is 13.0. The van der Waals surface area contributed by atoms with Crippen molar-refractivity contribution in [2.75, 3.05) is 5.32 Å². The van der Waals surface area contributed by atoms with E-state index in [2.05, 4.69) is 17.5 Å². The van der Waals surface area contributed by atoms with Gasteiger partial charge in [-0.2, -0.15) is 0 Å². The summed E-state index contributed by atoms with van der Waals surface area (Å²) >= 11 is 5.77. The Hall–Kier alpha value is -1.02. The molecule has 0 fully saturated rings. The predicted octanol–water partition coefficient (Wildman–Crippen LogP) is 4.00. The van der Waals surface area contributed by atoms with Crippen molar-refractivity contribution in [3.63, 3.8) is 0 Å². The molecule has 1 aromatic carbocycles. The number of rotatable bonds is 2. The molecule has 0 aromatic heterocycles. The van der Waals surface area contributed by atoms with Crippen LogP contribution in [0.4, 0.5) is 10.1 Å². The number of benzene rings is 1. The second-order valence-electron chi connectivity index (χ2n) is 3.77. The van der Waals surface area contributed by atoms with Crippen molar-refractivity contribution >= 4 is 17.3 Å². The third kappa shape index (κ3) is 2.96. The Kier molecular flexibility index (Phi) is 3.27. The van der Waals surface area contributed by atoms with E-state index in [0.29, 0.717) is 11.1 Å². The quantitative estimate of drug-likeness (QED) is 0.751. The van der Waals surface area contributed by atoms with E-state index in [0.717, 1.165) is 18.5 Å². The summed E-state index contributed by atoms with van der Waals surface area (Å²) in [4.78, 5) is 0. The van der Waals surface area contributed by atoms with Crippen molar-refractivity contribution in [3.8, 4) is 0 Å². The Balaban J connectivity index is 2.09. The van der Waals surface area contributed by atoms with Crippen molar-refractivity contribution in [3.05, 3.63) is 41.2 Å². The standard InChI is InChI=1S/C12H13ClFN/c13-9-6-10(14)8-12(7-9)15-11-4-2-1-3-5-11/h2,4,6-8,11,15H,1,3,5H2. The van der Waals surface area contributed by atoms with E-state index in [9.17, 15) is 4.39 Å². The van der Waals surface area contributed by atoms with Crippen LogP contribution in [-0.2, 0) is 0 Å². The number of hydrogen-bond acceptors (Lipinski definition) is 1. The van der Waals surface area contributed by atoms with Gasteiger partial charge in [-0.15, -0.1) is 0 Å². The molecule has 0 bridgehead atoms. The molecule has 0 radical (unpaired) electrons. The average molecular weight is 226 g/mol. The largest absolute Gasteiger partial charge is 0.379 e. The van der Waals surface area contributed by atoms with Crippen molar-refractivity contribution in [2.45, 2.75) is 25.3 Å².